The van der Waals surface area contributed by atoms with Gasteiger partial charge in [0.2, 0.25) is 0 Å². The van der Waals surface area contributed by atoms with E-state index in [1.807, 2.05) is 5.38 Å². The van der Waals surface area contributed by atoms with Gasteiger partial charge in [0.1, 0.15) is 11.9 Å². The largest absolute Gasteiger partial charge is 0.447 e. The van der Waals surface area contributed by atoms with Crippen molar-refractivity contribution in [3.8, 4) is 0 Å². The SMILES string of the molecule is OC(CCc1ccsc1)c1ccc(Cl)o1. The number of rotatable bonds is 4. The van der Waals surface area contributed by atoms with Gasteiger partial charge in [-0.25, -0.2) is 0 Å². The van der Waals surface area contributed by atoms with Crippen LogP contribution >= 0.6 is 22.9 Å². The topological polar surface area (TPSA) is 33.4 Å². The van der Waals surface area contributed by atoms with Crippen molar-refractivity contribution in [1.82, 2.24) is 0 Å². The number of aryl methyl sites for hydroxylation is 1. The summed E-state index contributed by atoms with van der Waals surface area (Å²) in [6, 6.07) is 5.41. The summed E-state index contributed by atoms with van der Waals surface area (Å²) < 4.78 is 5.13. The highest BCUT2D eigenvalue weighted by atomic mass is 35.5. The fourth-order valence-corrected chi connectivity index (χ4v) is 2.24. The molecule has 0 saturated heterocycles. The zero-order chi connectivity index (χ0) is 10.7. The van der Waals surface area contributed by atoms with Gasteiger partial charge in [0.15, 0.2) is 5.22 Å². The van der Waals surface area contributed by atoms with Crippen molar-refractivity contribution in [3.05, 3.63) is 45.5 Å². The summed E-state index contributed by atoms with van der Waals surface area (Å²) >= 11 is 7.29. The molecule has 0 amide bonds. The minimum Gasteiger partial charge on any atom is -0.447 e. The second kappa shape index (κ2) is 4.84. The third kappa shape index (κ3) is 2.84. The van der Waals surface area contributed by atoms with Crippen LogP contribution in [0.3, 0.4) is 0 Å². The van der Waals surface area contributed by atoms with Crippen LogP contribution in [0.1, 0.15) is 23.8 Å². The zero-order valence-corrected chi connectivity index (χ0v) is 9.59. The second-order valence-electron chi connectivity index (χ2n) is 3.33. The smallest absolute Gasteiger partial charge is 0.193 e. The molecular weight excluding hydrogens is 232 g/mol. The molecule has 2 rings (SSSR count). The molecule has 2 aromatic rings. The van der Waals surface area contributed by atoms with E-state index in [1.54, 1.807) is 23.5 Å². The molecule has 0 bridgehead atoms. The quantitative estimate of drug-likeness (QED) is 0.888. The van der Waals surface area contributed by atoms with Gasteiger partial charge < -0.3 is 9.52 Å². The molecule has 0 saturated carbocycles. The Kier molecular flexibility index (Phi) is 3.46. The van der Waals surface area contributed by atoms with Crippen molar-refractivity contribution in [1.29, 1.82) is 0 Å². The van der Waals surface area contributed by atoms with Gasteiger partial charge in [-0.05, 0) is 59.0 Å². The maximum absolute atomic E-state index is 9.78. The number of hydrogen-bond acceptors (Lipinski definition) is 3. The lowest BCUT2D eigenvalue weighted by molar-refractivity contribution is 0.141. The molecule has 0 spiro atoms. The molecule has 0 radical (unpaired) electrons. The van der Waals surface area contributed by atoms with Crippen LogP contribution in [0.5, 0.6) is 0 Å². The van der Waals surface area contributed by atoms with E-state index in [1.165, 1.54) is 5.56 Å². The summed E-state index contributed by atoms with van der Waals surface area (Å²) in [6.07, 6.45) is 0.932. The highest BCUT2D eigenvalue weighted by molar-refractivity contribution is 7.07. The van der Waals surface area contributed by atoms with Crippen molar-refractivity contribution >= 4 is 22.9 Å². The van der Waals surface area contributed by atoms with Crippen LogP contribution in [0, 0.1) is 0 Å². The molecule has 15 heavy (non-hydrogen) atoms. The molecule has 1 N–H and O–H groups in total. The molecule has 1 unspecified atom stereocenters. The van der Waals surface area contributed by atoms with Gasteiger partial charge in [0.25, 0.3) is 0 Å². The first-order chi connectivity index (χ1) is 7.25. The van der Waals surface area contributed by atoms with Gasteiger partial charge in [0.05, 0.1) is 0 Å². The van der Waals surface area contributed by atoms with Crippen LogP contribution in [0.2, 0.25) is 5.22 Å². The zero-order valence-electron chi connectivity index (χ0n) is 8.02. The van der Waals surface area contributed by atoms with Crippen molar-refractivity contribution in [3.63, 3.8) is 0 Å². The third-order valence-corrected chi connectivity index (χ3v) is 3.14. The van der Waals surface area contributed by atoms with E-state index in [0.29, 0.717) is 17.4 Å². The van der Waals surface area contributed by atoms with E-state index < -0.39 is 6.10 Å². The second-order valence-corrected chi connectivity index (χ2v) is 4.48. The minimum absolute atomic E-state index is 0.319. The molecule has 80 valence electrons. The molecule has 0 aromatic carbocycles. The Labute approximate surface area is 97.1 Å². The number of halogens is 1. The van der Waals surface area contributed by atoms with Gasteiger partial charge in [-0.2, -0.15) is 11.3 Å². The average Bonchev–Trinajstić information content (AvgIpc) is 2.84. The van der Waals surface area contributed by atoms with Gasteiger partial charge in [-0.15, -0.1) is 0 Å². The summed E-state index contributed by atoms with van der Waals surface area (Å²) in [6.45, 7) is 0. The molecule has 0 aliphatic carbocycles. The molecule has 2 aromatic heterocycles. The number of thiophene rings is 1. The summed E-state index contributed by atoms with van der Waals surface area (Å²) in [7, 11) is 0. The van der Waals surface area contributed by atoms with Crippen LogP contribution in [0.15, 0.2) is 33.4 Å². The van der Waals surface area contributed by atoms with E-state index in [2.05, 4.69) is 11.4 Å². The molecule has 0 fully saturated rings. The molecule has 2 nitrogen and oxygen atoms in total. The lowest BCUT2D eigenvalue weighted by Crippen LogP contribution is -1.97. The molecule has 2 heterocycles. The number of furan rings is 1. The van der Waals surface area contributed by atoms with E-state index in [9.17, 15) is 5.11 Å². The van der Waals surface area contributed by atoms with E-state index in [-0.39, 0.29) is 0 Å². The lowest BCUT2D eigenvalue weighted by Gasteiger charge is -2.05. The fraction of sp³-hybridized carbons (Fsp3) is 0.273. The predicted octanol–water partition coefficient (Wildman–Crippen LogP) is 3.66. The Bertz CT molecular complexity index is 408. The maximum Gasteiger partial charge on any atom is 0.193 e. The van der Waals surface area contributed by atoms with Crippen molar-refractivity contribution in [2.24, 2.45) is 0 Å². The van der Waals surface area contributed by atoms with Gasteiger partial charge >= 0.3 is 0 Å². The number of hydrogen-bond donors (Lipinski definition) is 1. The van der Waals surface area contributed by atoms with Crippen molar-refractivity contribution in [2.75, 3.05) is 0 Å². The van der Waals surface area contributed by atoms with Crippen molar-refractivity contribution in [2.45, 2.75) is 18.9 Å². The Morgan fingerprint density at radius 1 is 1.40 bits per heavy atom. The molecular formula is C11H11ClO2S. The normalized spacial score (nSPS) is 12.9. The Hall–Kier alpha value is -0.770. The van der Waals surface area contributed by atoms with E-state index in [4.69, 9.17) is 16.0 Å². The van der Waals surface area contributed by atoms with Crippen LogP contribution in [0.25, 0.3) is 0 Å². The summed E-state index contributed by atoms with van der Waals surface area (Å²) in [5.74, 6) is 0.537. The van der Waals surface area contributed by atoms with Crippen LogP contribution in [0.4, 0.5) is 0 Å². The standard InChI is InChI=1S/C11H11ClO2S/c12-11-4-3-10(14-11)9(13)2-1-8-5-6-15-7-8/h3-7,9,13H,1-2H2. The van der Waals surface area contributed by atoms with Crippen LogP contribution < -0.4 is 0 Å². The average molecular weight is 243 g/mol. The first kappa shape index (κ1) is 10.7. The van der Waals surface area contributed by atoms with Gasteiger partial charge in [0, 0.05) is 0 Å². The lowest BCUT2D eigenvalue weighted by atomic mass is 10.1. The van der Waals surface area contributed by atoms with Gasteiger partial charge in [-0.1, -0.05) is 0 Å². The Balaban J connectivity index is 1.90. The molecule has 0 aliphatic heterocycles. The Morgan fingerprint density at radius 2 is 2.27 bits per heavy atom. The molecule has 0 aliphatic rings. The van der Waals surface area contributed by atoms with Gasteiger partial charge in [-0.3, -0.25) is 0 Å². The maximum atomic E-state index is 9.78. The number of aliphatic hydroxyl groups is 1. The summed E-state index contributed by atoms with van der Waals surface area (Å²) in [4.78, 5) is 0. The first-order valence-electron chi connectivity index (χ1n) is 4.70. The predicted molar refractivity (Wildman–Crippen MR) is 61.3 cm³/mol. The monoisotopic (exact) mass is 242 g/mol. The van der Waals surface area contributed by atoms with Crippen molar-refractivity contribution < 1.29 is 9.52 Å². The first-order valence-corrected chi connectivity index (χ1v) is 6.02. The van der Waals surface area contributed by atoms with E-state index >= 15 is 0 Å². The van der Waals surface area contributed by atoms with Crippen LogP contribution in [-0.2, 0) is 6.42 Å². The Morgan fingerprint density at radius 3 is 2.87 bits per heavy atom. The molecule has 4 heteroatoms. The fourth-order valence-electron chi connectivity index (χ4n) is 1.39. The summed E-state index contributed by atoms with van der Waals surface area (Å²) in [5.41, 5.74) is 1.25. The highest BCUT2D eigenvalue weighted by Gasteiger charge is 2.11. The number of aliphatic hydroxyl groups excluding tert-OH is 1. The van der Waals surface area contributed by atoms with Crippen LogP contribution in [-0.4, -0.2) is 5.11 Å². The molecule has 1 atom stereocenters. The highest BCUT2D eigenvalue weighted by Crippen LogP contribution is 2.23. The minimum atomic E-state index is -0.572. The summed E-state index contributed by atoms with van der Waals surface area (Å²) in [5, 5.41) is 14.2. The third-order valence-electron chi connectivity index (χ3n) is 2.21. The van der Waals surface area contributed by atoms with E-state index in [0.717, 1.165) is 6.42 Å².